The third-order valence-corrected chi connectivity index (χ3v) is 6.41. The lowest BCUT2D eigenvalue weighted by atomic mass is 10.2. The first-order valence-electron chi connectivity index (χ1n) is 8.78. The van der Waals surface area contributed by atoms with Gasteiger partial charge < -0.3 is 14.6 Å². The summed E-state index contributed by atoms with van der Waals surface area (Å²) in [6, 6.07) is 7.67. The molecule has 26 heavy (non-hydrogen) atoms. The van der Waals surface area contributed by atoms with Crippen LogP contribution in [0.5, 0.6) is 0 Å². The minimum atomic E-state index is -1.27. The molecule has 4 rings (SSSR count). The highest BCUT2D eigenvalue weighted by molar-refractivity contribution is 7.89. The fourth-order valence-electron chi connectivity index (χ4n) is 3.65. The number of hydrogen-bond donors (Lipinski definition) is 1. The fraction of sp³-hybridized carbons (Fsp3) is 0.474. The molecule has 1 saturated carbocycles. The van der Waals surface area contributed by atoms with Gasteiger partial charge in [-0.05, 0) is 39.3 Å². The van der Waals surface area contributed by atoms with E-state index in [1.807, 2.05) is 49.3 Å². The van der Waals surface area contributed by atoms with E-state index in [-0.39, 0.29) is 5.54 Å². The number of nitrogens with one attached hydrogen (secondary N) is 1. The first kappa shape index (κ1) is 17.6. The fourth-order valence-corrected chi connectivity index (χ4v) is 5.16. The first-order chi connectivity index (χ1) is 12.3. The van der Waals surface area contributed by atoms with Crippen molar-refractivity contribution in [3.63, 3.8) is 0 Å². The minimum absolute atomic E-state index is 0.301. The van der Waals surface area contributed by atoms with Crippen molar-refractivity contribution in [3.8, 4) is 0 Å². The number of pyridine rings is 1. The van der Waals surface area contributed by atoms with Gasteiger partial charge in [-0.3, -0.25) is 4.98 Å². The molecule has 1 N–H and O–H groups in total. The smallest absolute Gasteiger partial charge is 0.408 e. The summed E-state index contributed by atoms with van der Waals surface area (Å²) in [5, 5.41) is 4.94. The number of rotatable bonds is 3. The Kier molecular flexibility index (Phi) is 4.13. The highest BCUT2D eigenvalue weighted by atomic mass is 32.2. The summed E-state index contributed by atoms with van der Waals surface area (Å²) in [5.74, 6) is 0.329. The molecule has 2 heterocycles. The van der Waals surface area contributed by atoms with Gasteiger partial charge >= 0.3 is 6.09 Å². The van der Waals surface area contributed by atoms with Crippen molar-refractivity contribution < 1.29 is 14.1 Å². The van der Waals surface area contributed by atoms with Gasteiger partial charge in [-0.15, -0.1) is 4.31 Å². The van der Waals surface area contributed by atoms with Crippen molar-refractivity contribution in [1.29, 1.82) is 0 Å². The molecule has 0 radical (unpaired) electrons. The number of benzene rings is 1. The number of fused-ring (bicyclic) bond motifs is 2. The van der Waals surface area contributed by atoms with Crippen LogP contribution in [0, 0.1) is 5.92 Å². The summed E-state index contributed by atoms with van der Waals surface area (Å²) in [7, 11) is 0. The van der Waals surface area contributed by atoms with Gasteiger partial charge in [0.25, 0.3) is 0 Å². The van der Waals surface area contributed by atoms with Crippen LogP contribution in [0.25, 0.3) is 10.8 Å². The molecule has 0 spiro atoms. The van der Waals surface area contributed by atoms with E-state index in [9.17, 15) is 9.35 Å². The van der Waals surface area contributed by atoms with Crippen LogP contribution in [-0.4, -0.2) is 44.2 Å². The number of aromatic nitrogens is 1. The lowest BCUT2D eigenvalue weighted by molar-refractivity contribution is 0.0495. The van der Waals surface area contributed by atoms with Crippen LogP contribution >= 0.6 is 0 Å². The molecule has 2 aromatic rings. The Hall–Kier alpha value is -1.83. The molecular weight excluding hydrogens is 350 g/mol. The Morgan fingerprint density at radius 3 is 3.00 bits per heavy atom. The Morgan fingerprint density at radius 2 is 2.23 bits per heavy atom. The quantitative estimate of drug-likeness (QED) is 0.837. The highest BCUT2D eigenvalue weighted by Gasteiger charge is 2.64. The Balaban J connectivity index is 1.48. The second-order valence-electron chi connectivity index (χ2n) is 8.11. The summed E-state index contributed by atoms with van der Waals surface area (Å²) in [6.45, 7) is 6.83. The van der Waals surface area contributed by atoms with Crippen LogP contribution in [-0.2, 0) is 16.1 Å². The third kappa shape index (κ3) is 3.26. The van der Waals surface area contributed by atoms with Crippen LogP contribution < -0.4 is 5.32 Å². The summed E-state index contributed by atoms with van der Waals surface area (Å²) in [6.07, 6.45) is 4.02. The van der Waals surface area contributed by atoms with Crippen LogP contribution in [0.15, 0.2) is 41.6 Å². The lowest BCUT2D eigenvalue weighted by Crippen LogP contribution is -2.45. The summed E-state index contributed by atoms with van der Waals surface area (Å²) in [4.78, 5) is 17.1. The molecule has 2 fully saturated rings. The molecule has 1 amide bonds. The monoisotopic (exact) mass is 373 g/mol. The number of hydrogen-bond acceptors (Lipinski definition) is 5. The maximum absolute atomic E-state index is 13.2. The van der Waals surface area contributed by atoms with Gasteiger partial charge in [0.15, 0.2) is 4.90 Å². The molecule has 138 valence electrons. The molecule has 3 atom stereocenters. The second kappa shape index (κ2) is 6.11. The zero-order chi connectivity index (χ0) is 18.5. The standard InChI is InChI=1S/C19H23N3O3S/c1-18(2,3)25-17(23)21-19-9-14(19)11-22(12-19)26(24)16-6-4-5-13-10-20-8-7-15(13)16/h4-8,10,14H,9,11-12H2,1-3H3,(H,21,23). The lowest BCUT2D eigenvalue weighted by Gasteiger charge is -2.25. The van der Waals surface area contributed by atoms with E-state index in [0.29, 0.717) is 19.0 Å². The Labute approximate surface area is 156 Å². The molecule has 1 aliphatic heterocycles. The molecule has 2 aliphatic rings. The summed E-state index contributed by atoms with van der Waals surface area (Å²) in [5.41, 5.74) is -0.826. The van der Waals surface area contributed by atoms with Crippen molar-refractivity contribution in [3.05, 3.63) is 36.7 Å². The maximum Gasteiger partial charge on any atom is 0.408 e. The number of piperidine rings is 1. The van der Waals surface area contributed by atoms with E-state index in [0.717, 1.165) is 22.1 Å². The van der Waals surface area contributed by atoms with Crippen molar-refractivity contribution in [2.45, 2.75) is 43.2 Å². The number of amides is 1. The van der Waals surface area contributed by atoms with E-state index in [1.54, 1.807) is 12.4 Å². The van der Waals surface area contributed by atoms with Gasteiger partial charge in [0.05, 0.1) is 30.0 Å². The van der Waals surface area contributed by atoms with Crippen LogP contribution in [0.4, 0.5) is 4.79 Å². The third-order valence-electron chi connectivity index (χ3n) is 4.93. The zero-order valence-electron chi connectivity index (χ0n) is 15.2. The van der Waals surface area contributed by atoms with Gasteiger partial charge in [0.1, 0.15) is 5.60 Å². The average Bonchev–Trinajstić information content (AvgIpc) is 3.10. The van der Waals surface area contributed by atoms with Crippen molar-refractivity contribution in [2.75, 3.05) is 13.1 Å². The number of carbonyl (C=O) groups excluding carboxylic acids is 1. The second-order valence-corrected chi connectivity index (χ2v) is 9.56. The number of alkyl carbamates (subject to hydrolysis) is 1. The van der Waals surface area contributed by atoms with Crippen molar-refractivity contribution in [1.82, 2.24) is 14.6 Å². The van der Waals surface area contributed by atoms with E-state index >= 15 is 0 Å². The van der Waals surface area contributed by atoms with Gasteiger partial charge in [-0.2, -0.15) is 0 Å². The van der Waals surface area contributed by atoms with Gasteiger partial charge in [0.2, 0.25) is 0 Å². The maximum atomic E-state index is 13.2. The van der Waals surface area contributed by atoms with Crippen LogP contribution in [0.3, 0.4) is 0 Å². The van der Waals surface area contributed by atoms with E-state index in [4.69, 9.17) is 4.74 Å². The molecule has 7 heteroatoms. The average molecular weight is 373 g/mol. The highest BCUT2D eigenvalue weighted by Crippen LogP contribution is 2.51. The van der Waals surface area contributed by atoms with E-state index in [1.165, 1.54) is 0 Å². The molecule has 6 nitrogen and oxygen atoms in total. The van der Waals surface area contributed by atoms with Gasteiger partial charge in [-0.1, -0.05) is 12.1 Å². The Bertz CT molecular complexity index is 848. The molecule has 0 bridgehead atoms. The number of nitrogens with zero attached hydrogens (tertiary/aromatic N) is 2. The largest absolute Gasteiger partial charge is 0.593 e. The Morgan fingerprint density at radius 1 is 1.42 bits per heavy atom. The topological polar surface area (TPSA) is 77.5 Å². The summed E-state index contributed by atoms with van der Waals surface area (Å²) < 4.78 is 20.5. The molecule has 1 aromatic carbocycles. The predicted octanol–water partition coefficient (Wildman–Crippen LogP) is 2.86. The SMILES string of the molecule is CC(C)(C)OC(=O)NC12CC1CN([S+]([O-])c1cccc3cnccc13)C2. The zero-order valence-corrected chi connectivity index (χ0v) is 16.0. The number of ether oxygens (including phenoxy) is 1. The van der Waals surface area contributed by atoms with Gasteiger partial charge in [0, 0.05) is 29.1 Å². The van der Waals surface area contributed by atoms with Crippen molar-refractivity contribution >= 4 is 28.2 Å². The predicted molar refractivity (Wildman–Crippen MR) is 99.9 cm³/mol. The first-order valence-corrected chi connectivity index (χ1v) is 9.89. The normalized spacial score (nSPS) is 26.4. The summed E-state index contributed by atoms with van der Waals surface area (Å²) >= 11 is -1.27. The minimum Gasteiger partial charge on any atom is -0.593 e. The molecule has 1 aromatic heterocycles. The van der Waals surface area contributed by atoms with E-state index in [2.05, 4.69) is 10.3 Å². The molecule has 1 aliphatic carbocycles. The number of carbonyl (C=O) groups is 1. The van der Waals surface area contributed by atoms with Crippen LogP contribution in [0.2, 0.25) is 0 Å². The van der Waals surface area contributed by atoms with Crippen molar-refractivity contribution in [2.24, 2.45) is 5.92 Å². The van der Waals surface area contributed by atoms with Gasteiger partial charge in [-0.25, -0.2) is 4.79 Å². The van der Waals surface area contributed by atoms with Crippen LogP contribution in [0.1, 0.15) is 27.2 Å². The van der Waals surface area contributed by atoms with E-state index < -0.39 is 23.1 Å². The molecule has 3 unspecified atom stereocenters. The molecule has 1 saturated heterocycles. The molecular formula is C19H23N3O3S.